The van der Waals surface area contributed by atoms with Crippen LogP contribution in [0.2, 0.25) is 0 Å². The van der Waals surface area contributed by atoms with Crippen molar-refractivity contribution < 1.29 is 18.0 Å². The predicted octanol–water partition coefficient (Wildman–Crippen LogP) is 3.59. The molecule has 0 saturated carbocycles. The highest BCUT2D eigenvalue weighted by molar-refractivity contribution is 9.13. The molecule has 0 aromatic carbocycles. The number of rotatable bonds is 2. The van der Waals surface area contributed by atoms with Crippen molar-refractivity contribution in [3.8, 4) is 0 Å². The van der Waals surface area contributed by atoms with Crippen LogP contribution >= 0.6 is 43.2 Å². The summed E-state index contributed by atoms with van der Waals surface area (Å²) in [6.45, 7) is 0.229. The van der Waals surface area contributed by atoms with Crippen molar-refractivity contribution in [3.05, 3.63) is 19.2 Å². The number of nitrogens with zero attached hydrogens (tertiary/aromatic N) is 2. The smallest absolute Gasteiger partial charge is 0.335 e. The predicted molar refractivity (Wildman–Crippen MR) is 78.1 cm³/mol. The molecule has 1 aliphatic heterocycles. The maximum absolute atomic E-state index is 12.3. The lowest BCUT2D eigenvalue weighted by molar-refractivity contribution is -0.148. The van der Waals surface area contributed by atoms with Gasteiger partial charge in [0.05, 0.1) is 15.2 Å². The zero-order chi connectivity index (χ0) is 14.9. The first-order chi connectivity index (χ1) is 9.26. The maximum atomic E-state index is 12.3. The van der Waals surface area contributed by atoms with Gasteiger partial charge < -0.3 is 4.90 Å². The summed E-state index contributed by atoms with van der Waals surface area (Å²) in [5.74, 6) is -0.131. The molecule has 1 amide bonds. The van der Waals surface area contributed by atoms with E-state index in [-0.39, 0.29) is 19.0 Å². The summed E-state index contributed by atoms with van der Waals surface area (Å²) < 4.78 is 38.5. The molecule has 0 unspecified atom stereocenters. The summed E-state index contributed by atoms with van der Waals surface area (Å²) in [4.78, 5) is 15.7. The third kappa shape index (κ3) is 4.19. The summed E-state index contributed by atoms with van der Waals surface area (Å²) in [7, 11) is 0. The molecular formula is C11H11Br2F3N2OS. The molecule has 1 aliphatic rings. The topological polar surface area (TPSA) is 23.6 Å². The average molecular weight is 436 g/mol. The molecule has 0 radical (unpaired) electrons. The molecule has 0 spiro atoms. The van der Waals surface area contributed by atoms with Gasteiger partial charge in [-0.05, 0) is 37.9 Å². The lowest BCUT2D eigenvalue weighted by Crippen LogP contribution is -2.50. The number of thiophene rings is 1. The van der Waals surface area contributed by atoms with E-state index in [1.165, 1.54) is 16.2 Å². The minimum Gasteiger partial charge on any atom is -0.335 e. The van der Waals surface area contributed by atoms with Crippen molar-refractivity contribution in [2.24, 2.45) is 0 Å². The summed E-state index contributed by atoms with van der Waals surface area (Å²) >= 11 is 7.94. The summed E-state index contributed by atoms with van der Waals surface area (Å²) in [6, 6.07) is 1.72. The first-order valence-corrected chi connectivity index (χ1v) is 8.20. The molecular weight excluding hydrogens is 425 g/mol. The Hall–Kier alpha value is -0.120. The van der Waals surface area contributed by atoms with Gasteiger partial charge >= 0.3 is 6.18 Å². The van der Waals surface area contributed by atoms with Crippen LogP contribution in [-0.2, 0) is 0 Å². The van der Waals surface area contributed by atoms with Crippen LogP contribution in [0.5, 0.6) is 0 Å². The Morgan fingerprint density at radius 2 is 1.85 bits per heavy atom. The first kappa shape index (κ1) is 16.3. The lowest BCUT2D eigenvalue weighted by Gasteiger charge is -2.34. The number of carbonyl (C=O) groups is 1. The highest BCUT2D eigenvalue weighted by Crippen LogP contribution is 2.33. The second-order valence-electron chi connectivity index (χ2n) is 4.42. The van der Waals surface area contributed by atoms with Gasteiger partial charge in [0.25, 0.3) is 5.91 Å². The van der Waals surface area contributed by atoms with Crippen molar-refractivity contribution in [2.75, 3.05) is 32.7 Å². The van der Waals surface area contributed by atoms with Gasteiger partial charge in [0.2, 0.25) is 0 Å². The molecule has 9 heteroatoms. The van der Waals surface area contributed by atoms with Gasteiger partial charge in [0, 0.05) is 30.7 Å². The SMILES string of the molecule is O=C(c1cc(Br)c(Br)s1)N1CCN(CC(F)(F)F)CC1. The molecule has 1 fully saturated rings. The molecule has 1 saturated heterocycles. The summed E-state index contributed by atoms with van der Waals surface area (Å²) in [6.07, 6.45) is -4.18. The number of carbonyl (C=O) groups excluding carboxylic acids is 1. The van der Waals surface area contributed by atoms with E-state index in [0.717, 1.165) is 8.26 Å². The van der Waals surface area contributed by atoms with E-state index in [0.29, 0.717) is 18.0 Å². The average Bonchev–Trinajstić information content (AvgIpc) is 2.68. The number of piperazine rings is 1. The fourth-order valence-corrected chi connectivity index (χ4v) is 3.97. The molecule has 2 heterocycles. The molecule has 2 rings (SSSR count). The lowest BCUT2D eigenvalue weighted by atomic mass is 10.3. The highest BCUT2D eigenvalue weighted by atomic mass is 79.9. The summed E-state index contributed by atoms with van der Waals surface area (Å²) in [5, 5.41) is 0. The van der Waals surface area contributed by atoms with Crippen LogP contribution in [0.1, 0.15) is 9.67 Å². The molecule has 0 aliphatic carbocycles. The van der Waals surface area contributed by atoms with Gasteiger partial charge in [-0.15, -0.1) is 11.3 Å². The number of hydrogen-bond acceptors (Lipinski definition) is 3. The molecule has 0 N–H and O–H groups in total. The fourth-order valence-electron chi connectivity index (χ4n) is 1.97. The van der Waals surface area contributed by atoms with Crippen LogP contribution in [0.4, 0.5) is 13.2 Å². The third-order valence-corrected chi connectivity index (χ3v) is 6.16. The van der Waals surface area contributed by atoms with E-state index in [1.54, 1.807) is 11.0 Å². The number of amides is 1. The molecule has 20 heavy (non-hydrogen) atoms. The van der Waals surface area contributed by atoms with Gasteiger partial charge in [-0.2, -0.15) is 13.2 Å². The van der Waals surface area contributed by atoms with Gasteiger partial charge in [-0.1, -0.05) is 0 Å². The van der Waals surface area contributed by atoms with E-state index >= 15 is 0 Å². The number of alkyl halides is 3. The van der Waals surface area contributed by atoms with E-state index in [1.807, 2.05) is 0 Å². The second-order valence-corrected chi connectivity index (χ2v) is 7.64. The van der Waals surface area contributed by atoms with Crippen LogP contribution in [0.3, 0.4) is 0 Å². The highest BCUT2D eigenvalue weighted by Gasteiger charge is 2.33. The van der Waals surface area contributed by atoms with Crippen molar-refractivity contribution in [1.82, 2.24) is 9.80 Å². The molecule has 3 nitrogen and oxygen atoms in total. The van der Waals surface area contributed by atoms with Crippen LogP contribution < -0.4 is 0 Å². The zero-order valence-electron chi connectivity index (χ0n) is 10.2. The molecule has 0 bridgehead atoms. The minimum absolute atomic E-state index is 0.131. The van der Waals surface area contributed by atoms with Gasteiger partial charge in [0.15, 0.2) is 0 Å². The van der Waals surface area contributed by atoms with E-state index in [9.17, 15) is 18.0 Å². The van der Waals surface area contributed by atoms with E-state index < -0.39 is 12.7 Å². The Balaban J connectivity index is 1.92. The Morgan fingerprint density at radius 3 is 2.30 bits per heavy atom. The van der Waals surface area contributed by atoms with Gasteiger partial charge in [-0.25, -0.2) is 0 Å². The number of hydrogen-bond donors (Lipinski definition) is 0. The fraction of sp³-hybridized carbons (Fsp3) is 0.545. The number of halogens is 5. The Morgan fingerprint density at radius 1 is 1.25 bits per heavy atom. The first-order valence-electron chi connectivity index (χ1n) is 5.79. The van der Waals surface area contributed by atoms with Crippen LogP contribution in [0.15, 0.2) is 14.3 Å². The monoisotopic (exact) mass is 434 g/mol. The van der Waals surface area contributed by atoms with Crippen molar-refractivity contribution >= 4 is 49.1 Å². The van der Waals surface area contributed by atoms with Gasteiger partial charge in [-0.3, -0.25) is 9.69 Å². The van der Waals surface area contributed by atoms with Crippen molar-refractivity contribution in [3.63, 3.8) is 0 Å². The van der Waals surface area contributed by atoms with Crippen LogP contribution in [-0.4, -0.2) is 54.6 Å². The minimum atomic E-state index is -4.18. The zero-order valence-corrected chi connectivity index (χ0v) is 14.2. The summed E-state index contributed by atoms with van der Waals surface area (Å²) in [5.41, 5.74) is 0. The van der Waals surface area contributed by atoms with Crippen molar-refractivity contribution in [2.45, 2.75) is 6.18 Å². The van der Waals surface area contributed by atoms with Crippen LogP contribution in [0, 0.1) is 0 Å². The van der Waals surface area contributed by atoms with Crippen molar-refractivity contribution in [1.29, 1.82) is 0 Å². The molecule has 1 aromatic heterocycles. The Bertz CT molecular complexity index is 479. The second kappa shape index (κ2) is 6.33. The molecule has 0 atom stereocenters. The Labute approximate surface area is 135 Å². The van der Waals surface area contributed by atoms with Crippen LogP contribution in [0.25, 0.3) is 0 Å². The maximum Gasteiger partial charge on any atom is 0.401 e. The van der Waals surface area contributed by atoms with E-state index in [4.69, 9.17) is 0 Å². The standard InChI is InChI=1S/C11H11Br2F3N2OS/c12-7-5-8(20-9(7)13)10(19)18-3-1-17(2-4-18)6-11(14,15)16/h5H,1-4,6H2. The van der Waals surface area contributed by atoms with E-state index in [2.05, 4.69) is 31.9 Å². The largest absolute Gasteiger partial charge is 0.401 e. The third-order valence-electron chi connectivity index (χ3n) is 2.92. The quantitative estimate of drug-likeness (QED) is 0.708. The normalized spacial score (nSPS) is 17.6. The Kier molecular flexibility index (Phi) is 5.14. The molecule has 1 aromatic rings. The van der Waals surface area contributed by atoms with Gasteiger partial charge in [0.1, 0.15) is 0 Å². The molecule has 112 valence electrons.